The maximum atomic E-state index is 12.7. The van der Waals surface area contributed by atoms with E-state index in [1.54, 1.807) is 35.2 Å². The van der Waals surface area contributed by atoms with Crippen LogP contribution in [-0.2, 0) is 10.2 Å². The normalized spacial score (nSPS) is 29.2. The summed E-state index contributed by atoms with van der Waals surface area (Å²) in [7, 11) is 0. The van der Waals surface area contributed by atoms with Crippen LogP contribution >= 0.6 is 23.1 Å². The summed E-state index contributed by atoms with van der Waals surface area (Å²) in [6, 6.07) is 9.08. The number of fused-ring (bicyclic) bond motifs is 1. The van der Waals surface area contributed by atoms with Crippen LogP contribution in [0.5, 0.6) is 5.75 Å². The number of amides is 1. The Labute approximate surface area is 170 Å². The van der Waals surface area contributed by atoms with Gasteiger partial charge in [0.25, 0.3) is 5.91 Å². The molecule has 2 bridgehead atoms. The predicted octanol–water partition coefficient (Wildman–Crippen LogP) is 4.55. The van der Waals surface area contributed by atoms with E-state index in [1.165, 1.54) is 0 Å². The number of carbonyl (C=O) groups is 1. The van der Waals surface area contributed by atoms with E-state index in [9.17, 15) is 9.90 Å². The zero-order valence-corrected chi connectivity index (χ0v) is 17.1. The van der Waals surface area contributed by atoms with Crippen molar-refractivity contribution in [3.63, 3.8) is 0 Å². The Hall–Kier alpha value is -1.99. The van der Waals surface area contributed by atoms with Crippen molar-refractivity contribution in [3.05, 3.63) is 46.9 Å². The van der Waals surface area contributed by atoms with Gasteiger partial charge in [0.05, 0.1) is 15.0 Å². The summed E-state index contributed by atoms with van der Waals surface area (Å²) in [5.74, 6) is 1.52. The van der Waals surface area contributed by atoms with E-state index in [-0.39, 0.29) is 27.4 Å². The van der Waals surface area contributed by atoms with Crippen molar-refractivity contribution >= 4 is 39.2 Å². The molecule has 0 unspecified atom stereocenters. The molecule has 0 radical (unpaired) electrons. The Morgan fingerprint density at radius 2 is 2.04 bits per heavy atom. The first kappa shape index (κ1) is 16.9. The second-order valence-electron chi connectivity index (χ2n) is 8.58. The molecule has 2 aromatic heterocycles. The molecule has 0 atom stereocenters. The minimum atomic E-state index is -0.110. The number of hydrogen-bond donors (Lipinski definition) is 2. The molecular formula is C21H20N2O3S2. The Bertz CT molecular complexity index is 1110. The molecule has 5 nitrogen and oxygen atoms in total. The first-order chi connectivity index (χ1) is 13.4. The minimum absolute atomic E-state index is 0.0951. The average Bonchev–Trinajstić information content (AvgIpc) is 3.06. The van der Waals surface area contributed by atoms with Gasteiger partial charge in [0, 0.05) is 11.0 Å². The van der Waals surface area contributed by atoms with Gasteiger partial charge in [-0.3, -0.25) is 4.79 Å². The number of phenols is 1. The van der Waals surface area contributed by atoms with Gasteiger partial charge in [-0.1, -0.05) is 0 Å². The lowest BCUT2D eigenvalue weighted by molar-refractivity contribution is -0.0811. The Morgan fingerprint density at radius 1 is 1.25 bits per heavy atom. The lowest BCUT2D eigenvalue weighted by Gasteiger charge is -2.69. The minimum Gasteiger partial charge on any atom is -0.508 e. The van der Waals surface area contributed by atoms with Crippen LogP contribution in [-0.4, -0.2) is 27.8 Å². The SMILES string of the molecule is CSC1(c2ccc(C(=O)NC34CC(c5nc6ccc(O)cc6s5)(C3)C4)o2)CC1. The molecule has 28 heavy (non-hydrogen) atoms. The fourth-order valence-corrected chi connectivity index (χ4v) is 6.96. The van der Waals surface area contributed by atoms with Crippen LogP contribution in [0.15, 0.2) is 34.7 Å². The third-order valence-corrected chi connectivity index (χ3v) is 9.26. The monoisotopic (exact) mass is 412 g/mol. The molecule has 2 N–H and O–H groups in total. The molecule has 144 valence electrons. The van der Waals surface area contributed by atoms with Crippen LogP contribution in [0.4, 0.5) is 0 Å². The molecular weight excluding hydrogens is 392 g/mol. The number of carbonyl (C=O) groups excluding carboxylic acids is 1. The van der Waals surface area contributed by atoms with Crippen molar-refractivity contribution in [2.75, 3.05) is 6.26 Å². The Morgan fingerprint density at radius 3 is 2.75 bits per heavy atom. The van der Waals surface area contributed by atoms with E-state index in [2.05, 4.69) is 11.6 Å². The van der Waals surface area contributed by atoms with Crippen LogP contribution in [0.25, 0.3) is 10.2 Å². The van der Waals surface area contributed by atoms with Gasteiger partial charge in [-0.25, -0.2) is 4.98 Å². The number of hydrogen-bond acceptors (Lipinski definition) is 6. The van der Waals surface area contributed by atoms with Crippen LogP contribution < -0.4 is 5.32 Å². The molecule has 4 fully saturated rings. The van der Waals surface area contributed by atoms with Crippen molar-refractivity contribution in [1.29, 1.82) is 0 Å². The highest BCUT2D eigenvalue weighted by molar-refractivity contribution is 7.99. The molecule has 1 amide bonds. The largest absolute Gasteiger partial charge is 0.508 e. The Kier molecular flexibility index (Phi) is 3.22. The molecule has 4 aliphatic rings. The van der Waals surface area contributed by atoms with Gasteiger partial charge in [0.1, 0.15) is 16.5 Å². The van der Waals surface area contributed by atoms with Gasteiger partial charge in [-0.2, -0.15) is 11.8 Å². The first-order valence-corrected chi connectivity index (χ1v) is 11.6. The van der Waals surface area contributed by atoms with Crippen LogP contribution in [0, 0.1) is 0 Å². The molecule has 0 spiro atoms. The fraction of sp³-hybridized carbons (Fsp3) is 0.429. The van der Waals surface area contributed by atoms with Gasteiger partial charge in [-0.05, 0) is 68.7 Å². The molecule has 4 aliphatic carbocycles. The molecule has 0 aliphatic heterocycles. The average molecular weight is 413 g/mol. The number of furan rings is 1. The Balaban J connectivity index is 1.15. The van der Waals surface area contributed by atoms with Gasteiger partial charge < -0.3 is 14.8 Å². The number of thiazole rings is 1. The maximum absolute atomic E-state index is 12.7. The van der Waals surface area contributed by atoms with Crippen molar-refractivity contribution in [2.45, 2.75) is 47.8 Å². The molecule has 0 saturated heterocycles. The van der Waals surface area contributed by atoms with Crippen molar-refractivity contribution in [1.82, 2.24) is 10.3 Å². The summed E-state index contributed by atoms with van der Waals surface area (Å²) in [6.07, 6.45) is 7.13. The molecule has 1 aromatic carbocycles. The van der Waals surface area contributed by atoms with Gasteiger partial charge in [0.2, 0.25) is 0 Å². The molecule has 4 saturated carbocycles. The highest BCUT2D eigenvalue weighted by Crippen LogP contribution is 2.68. The van der Waals surface area contributed by atoms with Crippen molar-refractivity contribution in [3.8, 4) is 5.75 Å². The summed E-state index contributed by atoms with van der Waals surface area (Å²) in [5, 5.41) is 14.0. The van der Waals surface area contributed by atoms with E-state index >= 15 is 0 Å². The fourth-order valence-electron chi connectivity index (χ4n) is 4.96. The molecule has 7 rings (SSSR count). The van der Waals surface area contributed by atoms with Crippen molar-refractivity contribution < 1.29 is 14.3 Å². The predicted molar refractivity (Wildman–Crippen MR) is 110 cm³/mol. The van der Waals surface area contributed by atoms with E-state index in [1.807, 2.05) is 18.2 Å². The highest BCUT2D eigenvalue weighted by Gasteiger charge is 2.70. The number of thioether (sulfide) groups is 1. The molecule has 2 heterocycles. The van der Waals surface area contributed by atoms with E-state index in [4.69, 9.17) is 9.40 Å². The second kappa shape index (κ2) is 5.33. The number of benzene rings is 1. The third kappa shape index (κ3) is 2.26. The number of nitrogens with one attached hydrogen (secondary N) is 1. The summed E-state index contributed by atoms with van der Waals surface area (Å²) in [6.45, 7) is 0. The summed E-state index contributed by atoms with van der Waals surface area (Å²) in [4.78, 5) is 17.5. The molecule has 3 aromatic rings. The lowest BCUT2D eigenvalue weighted by atomic mass is 9.39. The topological polar surface area (TPSA) is 75.4 Å². The standard InChI is InChI=1S/C21H20N2O3S2/c1-27-21(6-7-21)16-5-4-14(26-16)17(25)23-20-9-19(10-20,11-20)18-22-13-3-2-12(24)8-15(13)28-18/h2-5,8,24H,6-7,9-11H2,1H3,(H,23,25). The second-order valence-corrected chi connectivity index (χ2v) is 10.8. The molecule has 7 heteroatoms. The first-order valence-electron chi connectivity index (χ1n) is 9.53. The smallest absolute Gasteiger partial charge is 0.287 e. The van der Waals surface area contributed by atoms with Crippen molar-refractivity contribution in [2.24, 2.45) is 0 Å². The van der Waals surface area contributed by atoms with Crippen LogP contribution in [0.2, 0.25) is 0 Å². The van der Waals surface area contributed by atoms with E-state index in [0.29, 0.717) is 5.76 Å². The van der Waals surface area contributed by atoms with E-state index < -0.39 is 0 Å². The third-order valence-electron chi connectivity index (χ3n) is 6.61. The van der Waals surface area contributed by atoms with E-state index in [0.717, 1.165) is 53.1 Å². The summed E-state index contributed by atoms with van der Waals surface area (Å²) >= 11 is 3.46. The summed E-state index contributed by atoms with van der Waals surface area (Å²) in [5.41, 5.74) is 0.921. The number of aromatic nitrogens is 1. The lowest BCUT2D eigenvalue weighted by Crippen LogP contribution is -2.76. The van der Waals surface area contributed by atoms with Gasteiger partial charge >= 0.3 is 0 Å². The highest BCUT2D eigenvalue weighted by atomic mass is 32.2. The number of rotatable bonds is 5. The number of phenolic OH excluding ortho intramolecular Hbond substituents is 1. The van der Waals surface area contributed by atoms with Crippen LogP contribution in [0.1, 0.15) is 53.4 Å². The number of aromatic hydroxyl groups is 1. The zero-order valence-electron chi connectivity index (χ0n) is 15.4. The van der Waals surface area contributed by atoms with Gasteiger partial charge in [-0.15, -0.1) is 11.3 Å². The quantitative estimate of drug-likeness (QED) is 0.643. The van der Waals surface area contributed by atoms with Gasteiger partial charge in [0.15, 0.2) is 5.76 Å². The van der Waals surface area contributed by atoms with Crippen LogP contribution in [0.3, 0.4) is 0 Å². The zero-order chi connectivity index (χ0) is 19.1. The summed E-state index contributed by atoms with van der Waals surface area (Å²) < 4.78 is 7.00. The number of nitrogens with zero attached hydrogens (tertiary/aromatic N) is 1. The maximum Gasteiger partial charge on any atom is 0.287 e.